The molecule has 0 aromatic heterocycles. The molecule has 1 aromatic rings. The molecule has 2 bridgehead atoms. The molecule has 0 saturated carbocycles. The van der Waals surface area contributed by atoms with Crippen LogP contribution in [0.1, 0.15) is 39.2 Å². The quantitative estimate of drug-likeness (QED) is 0.751. The predicted octanol–water partition coefficient (Wildman–Crippen LogP) is 3.67. The van der Waals surface area contributed by atoms with Gasteiger partial charge in [0.15, 0.2) is 11.6 Å². The Labute approximate surface area is 150 Å². The van der Waals surface area contributed by atoms with E-state index in [0.29, 0.717) is 29.6 Å². The number of hydrogen-bond acceptors (Lipinski definition) is 4. The lowest BCUT2D eigenvalue weighted by atomic mass is 9.87. The number of methoxy groups -OCH3 is 1. The Morgan fingerprint density at radius 2 is 1.77 bits per heavy atom. The zero-order valence-corrected chi connectivity index (χ0v) is 15.1. The zero-order valence-electron chi connectivity index (χ0n) is 15.1. The van der Waals surface area contributed by atoms with Gasteiger partial charge in [-0.15, -0.1) is 0 Å². The smallest absolute Gasteiger partial charge is 0.411 e. The normalized spacial score (nSPS) is 22.0. The fraction of sp³-hybridized carbons (Fsp3) is 0.474. The van der Waals surface area contributed by atoms with Crippen LogP contribution in [0.25, 0.3) is 5.57 Å². The summed E-state index contributed by atoms with van der Waals surface area (Å²) < 4.78 is 37.4. The number of halogens is 2. The molecule has 5 nitrogen and oxygen atoms in total. The molecule has 1 saturated heterocycles. The van der Waals surface area contributed by atoms with E-state index < -0.39 is 41.4 Å². The summed E-state index contributed by atoms with van der Waals surface area (Å²) in [5.41, 5.74) is 0.482. The molecule has 26 heavy (non-hydrogen) atoms. The second-order valence-electron chi connectivity index (χ2n) is 7.44. The van der Waals surface area contributed by atoms with Gasteiger partial charge in [0, 0.05) is 0 Å². The Kier molecular flexibility index (Phi) is 4.50. The van der Waals surface area contributed by atoms with E-state index in [1.807, 2.05) is 0 Å². The van der Waals surface area contributed by atoms with Crippen molar-refractivity contribution in [2.75, 3.05) is 7.11 Å². The molecule has 2 unspecified atom stereocenters. The summed E-state index contributed by atoms with van der Waals surface area (Å²) in [7, 11) is 1.25. The first-order valence-corrected chi connectivity index (χ1v) is 8.43. The summed E-state index contributed by atoms with van der Waals surface area (Å²) in [5, 5.41) is 0. The van der Waals surface area contributed by atoms with E-state index in [1.165, 1.54) is 18.1 Å². The average molecular weight is 365 g/mol. The Morgan fingerprint density at radius 3 is 2.35 bits per heavy atom. The number of benzene rings is 1. The second kappa shape index (κ2) is 6.37. The largest absolute Gasteiger partial charge is 0.466 e. The number of rotatable bonds is 2. The third kappa shape index (κ3) is 3.06. The summed E-state index contributed by atoms with van der Waals surface area (Å²) in [6.45, 7) is 5.27. The number of ether oxygens (including phenoxy) is 2. The van der Waals surface area contributed by atoms with Gasteiger partial charge < -0.3 is 9.47 Å². The Bertz CT molecular complexity index is 797. The molecule has 2 aliphatic rings. The fourth-order valence-corrected chi connectivity index (χ4v) is 3.67. The molecule has 1 aromatic carbocycles. The van der Waals surface area contributed by atoms with Crippen molar-refractivity contribution in [1.82, 2.24) is 4.90 Å². The van der Waals surface area contributed by atoms with Gasteiger partial charge in [0.05, 0.1) is 24.8 Å². The molecule has 7 heteroatoms. The van der Waals surface area contributed by atoms with Crippen LogP contribution in [0.15, 0.2) is 23.8 Å². The monoisotopic (exact) mass is 365 g/mol. The van der Waals surface area contributed by atoms with Gasteiger partial charge in [0.1, 0.15) is 5.60 Å². The van der Waals surface area contributed by atoms with Gasteiger partial charge in [-0.1, -0.05) is 6.07 Å². The van der Waals surface area contributed by atoms with E-state index in [4.69, 9.17) is 9.47 Å². The molecule has 0 spiro atoms. The van der Waals surface area contributed by atoms with Crippen molar-refractivity contribution >= 4 is 17.6 Å². The number of amides is 1. The molecular weight excluding hydrogens is 344 g/mol. The maximum atomic E-state index is 13.7. The van der Waals surface area contributed by atoms with Crippen LogP contribution in [0, 0.1) is 11.6 Å². The number of hydrogen-bond donors (Lipinski definition) is 0. The van der Waals surface area contributed by atoms with Gasteiger partial charge in [-0.3, -0.25) is 4.90 Å². The van der Waals surface area contributed by atoms with Crippen LogP contribution in [0.3, 0.4) is 0 Å². The van der Waals surface area contributed by atoms with Gasteiger partial charge >= 0.3 is 12.1 Å². The molecule has 2 heterocycles. The van der Waals surface area contributed by atoms with E-state index in [9.17, 15) is 18.4 Å². The van der Waals surface area contributed by atoms with Crippen LogP contribution in [-0.2, 0) is 14.3 Å². The van der Waals surface area contributed by atoms with Crippen molar-refractivity contribution in [2.45, 2.75) is 51.3 Å². The van der Waals surface area contributed by atoms with Gasteiger partial charge in [-0.05, 0) is 56.9 Å². The summed E-state index contributed by atoms with van der Waals surface area (Å²) in [6.07, 6.45) is 0.657. The summed E-state index contributed by atoms with van der Waals surface area (Å²) in [4.78, 5) is 26.5. The maximum absolute atomic E-state index is 13.7. The first kappa shape index (κ1) is 18.4. The molecule has 1 amide bonds. The molecule has 3 rings (SSSR count). The Hall–Kier alpha value is -2.44. The highest BCUT2D eigenvalue weighted by Crippen LogP contribution is 2.47. The minimum atomic E-state index is -1.01. The van der Waals surface area contributed by atoms with E-state index in [2.05, 4.69) is 0 Å². The minimum Gasteiger partial charge on any atom is -0.466 e. The van der Waals surface area contributed by atoms with Gasteiger partial charge in [0.25, 0.3) is 0 Å². The first-order chi connectivity index (χ1) is 12.1. The Balaban J connectivity index is 2.05. The molecule has 0 N–H and O–H groups in total. The van der Waals surface area contributed by atoms with E-state index in [0.717, 1.165) is 12.1 Å². The van der Waals surface area contributed by atoms with Gasteiger partial charge in [-0.25, -0.2) is 18.4 Å². The van der Waals surface area contributed by atoms with Crippen LogP contribution >= 0.6 is 0 Å². The number of nitrogens with zero attached hydrogens (tertiary/aromatic N) is 1. The maximum Gasteiger partial charge on any atom is 0.411 e. The predicted molar refractivity (Wildman–Crippen MR) is 90.2 cm³/mol. The molecule has 140 valence electrons. The van der Waals surface area contributed by atoms with Gasteiger partial charge in [0.2, 0.25) is 0 Å². The van der Waals surface area contributed by atoms with Crippen molar-refractivity contribution in [3.63, 3.8) is 0 Å². The highest BCUT2D eigenvalue weighted by atomic mass is 19.2. The number of fused-ring (bicyclic) bond motifs is 2. The third-order valence-electron chi connectivity index (χ3n) is 4.58. The van der Waals surface area contributed by atoms with Crippen molar-refractivity contribution in [1.29, 1.82) is 0 Å². The minimum absolute atomic E-state index is 0.306. The highest BCUT2D eigenvalue weighted by molar-refractivity contribution is 6.03. The van der Waals surface area contributed by atoms with E-state index in [-0.39, 0.29) is 0 Å². The zero-order chi connectivity index (χ0) is 19.2. The second-order valence-corrected chi connectivity index (χ2v) is 7.44. The average Bonchev–Trinajstić information content (AvgIpc) is 3.11. The lowest BCUT2D eigenvalue weighted by Gasteiger charge is -2.28. The molecule has 1 fully saturated rings. The highest BCUT2D eigenvalue weighted by Gasteiger charge is 2.52. The molecule has 2 aliphatic heterocycles. The molecule has 2 atom stereocenters. The third-order valence-corrected chi connectivity index (χ3v) is 4.58. The van der Waals surface area contributed by atoms with Gasteiger partial charge in [-0.2, -0.15) is 0 Å². The molecule has 0 radical (unpaired) electrons. The molecular formula is C19H21F2NO4. The van der Waals surface area contributed by atoms with Crippen LogP contribution in [0.4, 0.5) is 13.6 Å². The van der Waals surface area contributed by atoms with Crippen LogP contribution in [0.2, 0.25) is 0 Å². The van der Waals surface area contributed by atoms with Crippen molar-refractivity contribution < 1.29 is 27.8 Å². The van der Waals surface area contributed by atoms with Crippen molar-refractivity contribution in [3.05, 3.63) is 41.0 Å². The summed E-state index contributed by atoms with van der Waals surface area (Å²) in [5.74, 6) is -2.56. The number of carbonyl (C=O) groups excluding carboxylic acids is 2. The topological polar surface area (TPSA) is 55.8 Å². The van der Waals surface area contributed by atoms with Crippen molar-refractivity contribution in [3.8, 4) is 0 Å². The fourth-order valence-electron chi connectivity index (χ4n) is 3.67. The SMILES string of the molecule is COC(=O)C1=C(c2ccc(F)c(F)c2)C2CCC1N2C(=O)OC(C)(C)C. The standard InChI is InChI=1S/C19H21F2NO4/c1-19(2,3)26-18(24)22-13-7-8-14(22)16(17(23)25-4)15(13)10-5-6-11(20)12(21)9-10/h5-6,9,13-14H,7-8H2,1-4H3. The number of esters is 1. The van der Waals surface area contributed by atoms with Crippen LogP contribution in [-0.4, -0.2) is 41.8 Å². The van der Waals surface area contributed by atoms with E-state index in [1.54, 1.807) is 20.8 Å². The summed E-state index contributed by atoms with van der Waals surface area (Å²) >= 11 is 0. The van der Waals surface area contributed by atoms with E-state index >= 15 is 0 Å². The van der Waals surface area contributed by atoms with Crippen molar-refractivity contribution in [2.24, 2.45) is 0 Å². The number of carbonyl (C=O) groups is 2. The summed E-state index contributed by atoms with van der Waals surface area (Å²) in [6, 6.07) is 2.53. The lowest BCUT2D eigenvalue weighted by Crippen LogP contribution is -2.41. The van der Waals surface area contributed by atoms with Crippen LogP contribution < -0.4 is 0 Å². The molecule has 0 aliphatic carbocycles. The Morgan fingerprint density at radius 1 is 1.12 bits per heavy atom. The first-order valence-electron chi connectivity index (χ1n) is 8.43. The lowest BCUT2D eigenvalue weighted by molar-refractivity contribution is -0.136. The van der Waals surface area contributed by atoms with Crippen LogP contribution in [0.5, 0.6) is 0 Å².